The minimum Gasteiger partial charge on any atom is -0.267 e. The Labute approximate surface area is 121 Å². The quantitative estimate of drug-likeness (QED) is 0.694. The van der Waals surface area contributed by atoms with E-state index < -0.39 is 11.7 Å². The standard InChI is InChI=1S/C16H12FN3O/c1-11-2-4-12(5-3-11)10-19-20-16(21)14-7-6-13(9-18)8-15(14)17/h2-8,10H,1H3,(H,20,21)/b19-10-. The van der Waals surface area contributed by atoms with Crippen LogP contribution in [0.4, 0.5) is 4.39 Å². The van der Waals surface area contributed by atoms with Crippen molar-refractivity contribution in [3.8, 4) is 6.07 Å². The van der Waals surface area contributed by atoms with Crippen molar-refractivity contribution in [2.24, 2.45) is 5.10 Å². The van der Waals surface area contributed by atoms with Gasteiger partial charge in [-0.25, -0.2) is 9.82 Å². The highest BCUT2D eigenvalue weighted by molar-refractivity contribution is 5.95. The Hall–Kier alpha value is -3.00. The molecule has 0 unspecified atom stereocenters. The summed E-state index contributed by atoms with van der Waals surface area (Å²) in [6, 6.07) is 13.0. The lowest BCUT2D eigenvalue weighted by molar-refractivity contribution is 0.0951. The SMILES string of the molecule is Cc1ccc(/C=N\NC(=O)c2ccc(C#N)cc2F)cc1. The van der Waals surface area contributed by atoms with Gasteiger partial charge in [-0.1, -0.05) is 29.8 Å². The van der Waals surface area contributed by atoms with Gasteiger partial charge in [-0.15, -0.1) is 0 Å². The minimum absolute atomic E-state index is 0.157. The zero-order valence-corrected chi connectivity index (χ0v) is 11.3. The van der Waals surface area contributed by atoms with Crippen LogP contribution in [0.5, 0.6) is 0 Å². The minimum atomic E-state index is -0.753. The van der Waals surface area contributed by atoms with Crippen LogP contribution in [0.1, 0.15) is 27.0 Å². The molecule has 1 N–H and O–H groups in total. The normalized spacial score (nSPS) is 10.3. The first-order chi connectivity index (χ1) is 10.1. The number of hydrogen-bond donors (Lipinski definition) is 1. The van der Waals surface area contributed by atoms with Gasteiger partial charge in [-0.05, 0) is 30.7 Å². The van der Waals surface area contributed by atoms with E-state index in [0.29, 0.717) is 0 Å². The lowest BCUT2D eigenvalue weighted by Gasteiger charge is -2.01. The van der Waals surface area contributed by atoms with Crippen molar-refractivity contribution in [2.75, 3.05) is 0 Å². The summed E-state index contributed by atoms with van der Waals surface area (Å²) in [7, 11) is 0. The molecule has 2 rings (SSSR count). The maximum atomic E-state index is 13.6. The molecule has 0 saturated heterocycles. The molecule has 0 aliphatic carbocycles. The van der Waals surface area contributed by atoms with Gasteiger partial charge in [-0.3, -0.25) is 4.79 Å². The number of rotatable bonds is 3. The fourth-order valence-corrected chi connectivity index (χ4v) is 1.65. The van der Waals surface area contributed by atoms with E-state index in [1.54, 1.807) is 6.07 Å². The molecule has 0 aromatic heterocycles. The largest absolute Gasteiger partial charge is 0.274 e. The smallest absolute Gasteiger partial charge is 0.267 e. The average molecular weight is 281 g/mol. The first-order valence-electron chi connectivity index (χ1n) is 6.20. The summed E-state index contributed by atoms with van der Waals surface area (Å²) in [5, 5.41) is 12.4. The number of nitriles is 1. The Morgan fingerprint density at radius 1 is 1.29 bits per heavy atom. The molecule has 0 atom stereocenters. The number of aryl methyl sites for hydroxylation is 1. The van der Waals surface area contributed by atoms with E-state index >= 15 is 0 Å². The van der Waals surface area contributed by atoms with Gasteiger partial charge in [0.1, 0.15) is 5.82 Å². The number of nitrogens with zero attached hydrogens (tertiary/aromatic N) is 2. The first kappa shape index (κ1) is 14.4. The topological polar surface area (TPSA) is 65.2 Å². The second-order valence-electron chi connectivity index (χ2n) is 4.42. The van der Waals surface area contributed by atoms with Crippen LogP contribution < -0.4 is 5.43 Å². The second kappa shape index (κ2) is 6.44. The van der Waals surface area contributed by atoms with Crippen LogP contribution in [0.25, 0.3) is 0 Å². The van der Waals surface area contributed by atoms with Crippen molar-refractivity contribution < 1.29 is 9.18 Å². The van der Waals surface area contributed by atoms with Gasteiger partial charge in [0.15, 0.2) is 0 Å². The lowest BCUT2D eigenvalue weighted by Crippen LogP contribution is -2.19. The van der Waals surface area contributed by atoms with Gasteiger partial charge in [0.25, 0.3) is 5.91 Å². The molecule has 21 heavy (non-hydrogen) atoms. The third-order valence-corrected chi connectivity index (χ3v) is 2.80. The third-order valence-electron chi connectivity index (χ3n) is 2.80. The molecule has 0 aliphatic heterocycles. The van der Waals surface area contributed by atoms with E-state index in [1.165, 1.54) is 18.3 Å². The summed E-state index contributed by atoms with van der Waals surface area (Å²) in [5.74, 6) is -1.42. The molecule has 0 saturated carbocycles. The van der Waals surface area contributed by atoms with Crippen LogP contribution >= 0.6 is 0 Å². The molecule has 4 nitrogen and oxygen atoms in total. The fraction of sp³-hybridized carbons (Fsp3) is 0.0625. The van der Waals surface area contributed by atoms with Gasteiger partial charge >= 0.3 is 0 Å². The van der Waals surface area contributed by atoms with Crippen LogP contribution in [0.3, 0.4) is 0 Å². The number of hydrazone groups is 1. The number of amides is 1. The van der Waals surface area contributed by atoms with Gasteiger partial charge in [0.2, 0.25) is 0 Å². The van der Waals surface area contributed by atoms with Crippen molar-refractivity contribution in [1.82, 2.24) is 5.43 Å². The number of hydrogen-bond acceptors (Lipinski definition) is 3. The fourth-order valence-electron chi connectivity index (χ4n) is 1.65. The highest BCUT2D eigenvalue weighted by Crippen LogP contribution is 2.09. The van der Waals surface area contributed by atoms with Crippen LogP contribution in [-0.2, 0) is 0 Å². The monoisotopic (exact) mass is 281 g/mol. The molecule has 0 spiro atoms. The van der Waals surface area contributed by atoms with Gasteiger partial charge < -0.3 is 0 Å². The maximum absolute atomic E-state index is 13.6. The summed E-state index contributed by atoms with van der Waals surface area (Å²) in [6.45, 7) is 1.97. The number of halogens is 1. The van der Waals surface area contributed by atoms with Crippen molar-refractivity contribution in [1.29, 1.82) is 5.26 Å². The molecular formula is C16H12FN3O. The van der Waals surface area contributed by atoms with Crippen molar-refractivity contribution >= 4 is 12.1 Å². The predicted molar refractivity (Wildman–Crippen MR) is 77.4 cm³/mol. The van der Waals surface area contributed by atoms with Crippen molar-refractivity contribution in [3.63, 3.8) is 0 Å². The highest BCUT2D eigenvalue weighted by Gasteiger charge is 2.11. The maximum Gasteiger partial charge on any atom is 0.274 e. The van der Waals surface area contributed by atoms with Gasteiger partial charge in [0.05, 0.1) is 23.4 Å². The molecule has 104 valence electrons. The molecule has 0 fully saturated rings. The summed E-state index contributed by atoms with van der Waals surface area (Å²) < 4.78 is 13.6. The summed E-state index contributed by atoms with van der Waals surface area (Å²) in [5.41, 5.74) is 4.19. The molecule has 0 radical (unpaired) electrons. The van der Waals surface area contributed by atoms with E-state index in [-0.39, 0.29) is 11.1 Å². The molecule has 1 amide bonds. The predicted octanol–water partition coefficient (Wildman–Crippen LogP) is 2.77. The number of nitrogens with one attached hydrogen (secondary N) is 1. The Morgan fingerprint density at radius 3 is 2.62 bits per heavy atom. The van der Waals surface area contributed by atoms with Gasteiger partial charge in [-0.2, -0.15) is 10.4 Å². The van der Waals surface area contributed by atoms with E-state index in [1.807, 2.05) is 31.2 Å². The van der Waals surface area contributed by atoms with E-state index in [2.05, 4.69) is 10.5 Å². The molecule has 2 aromatic rings. The van der Waals surface area contributed by atoms with Crippen LogP contribution in [0.2, 0.25) is 0 Å². The number of carbonyl (C=O) groups is 1. The molecule has 0 aliphatic rings. The zero-order chi connectivity index (χ0) is 15.2. The Balaban J connectivity index is 2.05. The van der Waals surface area contributed by atoms with E-state index in [4.69, 9.17) is 5.26 Å². The van der Waals surface area contributed by atoms with Crippen LogP contribution in [0, 0.1) is 24.1 Å². The summed E-state index contributed by atoms with van der Waals surface area (Å²) >= 11 is 0. The van der Waals surface area contributed by atoms with Gasteiger partial charge in [0, 0.05) is 0 Å². The Morgan fingerprint density at radius 2 is 2.00 bits per heavy atom. The summed E-state index contributed by atoms with van der Waals surface area (Å²) in [6.07, 6.45) is 1.47. The molecular weight excluding hydrogens is 269 g/mol. The third kappa shape index (κ3) is 3.74. The second-order valence-corrected chi connectivity index (χ2v) is 4.42. The number of carbonyl (C=O) groups excluding carboxylic acids is 1. The molecule has 0 heterocycles. The molecule has 2 aromatic carbocycles. The van der Waals surface area contributed by atoms with Crippen LogP contribution in [-0.4, -0.2) is 12.1 Å². The van der Waals surface area contributed by atoms with E-state index in [0.717, 1.165) is 17.2 Å². The first-order valence-corrected chi connectivity index (χ1v) is 6.20. The lowest BCUT2D eigenvalue weighted by atomic mass is 10.1. The van der Waals surface area contributed by atoms with Crippen LogP contribution in [0.15, 0.2) is 47.6 Å². The van der Waals surface area contributed by atoms with E-state index in [9.17, 15) is 9.18 Å². The average Bonchev–Trinajstić information content (AvgIpc) is 2.49. The Bertz CT molecular complexity index is 730. The van der Waals surface area contributed by atoms with Crippen molar-refractivity contribution in [2.45, 2.75) is 6.92 Å². The number of benzene rings is 2. The van der Waals surface area contributed by atoms with Crippen molar-refractivity contribution in [3.05, 3.63) is 70.5 Å². The zero-order valence-electron chi connectivity index (χ0n) is 11.3. The Kier molecular flexibility index (Phi) is 4.42. The molecule has 0 bridgehead atoms. The molecule has 5 heteroatoms. The summed E-state index contributed by atoms with van der Waals surface area (Å²) in [4.78, 5) is 11.8. The highest BCUT2D eigenvalue weighted by atomic mass is 19.1.